The Hall–Kier alpha value is -0.600. The summed E-state index contributed by atoms with van der Waals surface area (Å²) >= 11 is 5.64. The molecule has 0 aliphatic rings. The van der Waals surface area contributed by atoms with Crippen LogP contribution in [0, 0.1) is 11.7 Å². The van der Waals surface area contributed by atoms with Gasteiger partial charge in [0, 0.05) is 0 Å². The van der Waals surface area contributed by atoms with Crippen molar-refractivity contribution in [3.63, 3.8) is 0 Å². The van der Waals surface area contributed by atoms with Crippen molar-refractivity contribution in [2.45, 2.75) is 52.1 Å². The molecule has 102 valence electrons. The van der Waals surface area contributed by atoms with Crippen LogP contribution in [-0.4, -0.2) is 11.2 Å². The van der Waals surface area contributed by atoms with Crippen molar-refractivity contribution in [2.75, 3.05) is 0 Å². The Kier molecular flexibility index (Phi) is 6.66. The highest BCUT2D eigenvalue weighted by Crippen LogP contribution is 2.22. The molecule has 0 heterocycles. The van der Waals surface area contributed by atoms with Gasteiger partial charge in [0.2, 0.25) is 0 Å². The lowest BCUT2D eigenvalue weighted by Gasteiger charge is -2.22. The number of rotatable bonds is 7. The molecule has 0 spiro atoms. The molecule has 0 radical (unpaired) electrons. The number of aliphatic hydroxyl groups is 1. The van der Waals surface area contributed by atoms with E-state index in [-0.39, 0.29) is 5.02 Å². The van der Waals surface area contributed by atoms with Crippen molar-refractivity contribution in [3.05, 3.63) is 34.6 Å². The first kappa shape index (κ1) is 15.5. The average Bonchev–Trinajstić information content (AvgIpc) is 2.33. The number of benzene rings is 1. The molecule has 0 aliphatic heterocycles. The minimum Gasteiger partial charge on any atom is -0.392 e. The molecular formula is C15H22ClFO. The van der Waals surface area contributed by atoms with Crippen LogP contribution in [0.2, 0.25) is 5.02 Å². The molecule has 0 saturated carbocycles. The molecule has 0 aliphatic carbocycles. The molecule has 0 bridgehead atoms. The summed E-state index contributed by atoms with van der Waals surface area (Å²) in [7, 11) is 0. The van der Waals surface area contributed by atoms with Gasteiger partial charge < -0.3 is 5.11 Å². The van der Waals surface area contributed by atoms with Gasteiger partial charge in [0.25, 0.3) is 0 Å². The summed E-state index contributed by atoms with van der Waals surface area (Å²) in [5, 5.41) is 10.4. The molecule has 1 unspecified atom stereocenters. The van der Waals surface area contributed by atoms with E-state index in [2.05, 4.69) is 13.8 Å². The van der Waals surface area contributed by atoms with E-state index in [1.807, 2.05) is 0 Å². The van der Waals surface area contributed by atoms with Crippen LogP contribution in [0.15, 0.2) is 18.2 Å². The van der Waals surface area contributed by atoms with E-state index in [4.69, 9.17) is 11.6 Å². The van der Waals surface area contributed by atoms with Gasteiger partial charge in [-0.15, -0.1) is 0 Å². The fourth-order valence-corrected chi connectivity index (χ4v) is 2.46. The Labute approximate surface area is 114 Å². The SMILES string of the molecule is CCCC(CCC)C(O)Cc1ccc(Cl)c(F)c1. The molecule has 0 amide bonds. The third-order valence-corrected chi connectivity index (χ3v) is 3.60. The van der Waals surface area contributed by atoms with Gasteiger partial charge in [0.05, 0.1) is 11.1 Å². The zero-order valence-corrected chi connectivity index (χ0v) is 11.9. The minimum atomic E-state index is -0.413. The van der Waals surface area contributed by atoms with E-state index in [1.54, 1.807) is 12.1 Å². The third-order valence-electron chi connectivity index (χ3n) is 3.29. The van der Waals surface area contributed by atoms with Gasteiger partial charge in [-0.05, 0) is 42.9 Å². The van der Waals surface area contributed by atoms with Crippen LogP contribution in [-0.2, 0) is 6.42 Å². The molecule has 1 nitrogen and oxygen atoms in total. The quantitative estimate of drug-likeness (QED) is 0.769. The minimum absolute atomic E-state index is 0.131. The summed E-state index contributed by atoms with van der Waals surface area (Å²) in [6.07, 6.45) is 4.27. The lowest BCUT2D eigenvalue weighted by atomic mass is 9.89. The van der Waals surface area contributed by atoms with Crippen LogP contribution in [0.1, 0.15) is 45.1 Å². The maximum Gasteiger partial charge on any atom is 0.142 e. The van der Waals surface area contributed by atoms with Crippen molar-refractivity contribution >= 4 is 11.6 Å². The first-order chi connectivity index (χ1) is 8.58. The number of hydrogen-bond acceptors (Lipinski definition) is 1. The van der Waals surface area contributed by atoms with Gasteiger partial charge in [0.15, 0.2) is 0 Å². The third kappa shape index (κ3) is 4.58. The molecule has 1 atom stereocenters. The van der Waals surface area contributed by atoms with E-state index < -0.39 is 11.9 Å². The van der Waals surface area contributed by atoms with E-state index in [1.165, 1.54) is 6.07 Å². The van der Waals surface area contributed by atoms with Crippen molar-refractivity contribution in [1.82, 2.24) is 0 Å². The summed E-state index contributed by atoms with van der Waals surface area (Å²) in [6.45, 7) is 4.24. The van der Waals surface area contributed by atoms with Gasteiger partial charge >= 0.3 is 0 Å². The molecule has 1 N–H and O–H groups in total. The van der Waals surface area contributed by atoms with Crippen molar-refractivity contribution in [3.8, 4) is 0 Å². The Balaban J connectivity index is 2.66. The van der Waals surface area contributed by atoms with Crippen molar-refractivity contribution < 1.29 is 9.50 Å². The summed E-state index contributed by atoms with van der Waals surface area (Å²) < 4.78 is 13.3. The fraction of sp³-hybridized carbons (Fsp3) is 0.600. The van der Waals surface area contributed by atoms with E-state index in [0.717, 1.165) is 31.2 Å². The van der Waals surface area contributed by atoms with Crippen LogP contribution in [0.5, 0.6) is 0 Å². The Morgan fingerprint density at radius 2 is 1.83 bits per heavy atom. The van der Waals surface area contributed by atoms with Crippen molar-refractivity contribution in [1.29, 1.82) is 0 Å². The number of hydrogen-bond donors (Lipinski definition) is 1. The summed E-state index contributed by atoms with van der Waals surface area (Å²) in [5.74, 6) is -0.109. The second-order valence-electron chi connectivity index (χ2n) is 4.86. The van der Waals surface area contributed by atoms with Gasteiger partial charge in [0.1, 0.15) is 5.82 Å². The topological polar surface area (TPSA) is 20.2 Å². The average molecular weight is 273 g/mol. The first-order valence-electron chi connectivity index (χ1n) is 6.70. The van der Waals surface area contributed by atoms with Gasteiger partial charge in [-0.1, -0.05) is 44.4 Å². The Bertz CT molecular complexity index is 362. The molecule has 0 fully saturated rings. The number of halogens is 2. The molecule has 0 aromatic heterocycles. The number of aliphatic hydroxyl groups excluding tert-OH is 1. The predicted octanol–water partition coefficient (Wildman–Crippen LogP) is 4.60. The zero-order chi connectivity index (χ0) is 13.5. The lowest BCUT2D eigenvalue weighted by molar-refractivity contribution is 0.0963. The van der Waals surface area contributed by atoms with Crippen LogP contribution in [0.3, 0.4) is 0 Å². The monoisotopic (exact) mass is 272 g/mol. The highest BCUT2D eigenvalue weighted by molar-refractivity contribution is 6.30. The summed E-state index contributed by atoms with van der Waals surface area (Å²) in [5.41, 5.74) is 0.807. The molecule has 1 aromatic rings. The molecule has 0 saturated heterocycles. The predicted molar refractivity (Wildman–Crippen MR) is 74.4 cm³/mol. The van der Waals surface area contributed by atoms with Gasteiger partial charge in [-0.3, -0.25) is 0 Å². The molecule has 1 rings (SSSR count). The maximum absolute atomic E-state index is 13.3. The molecular weight excluding hydrogens is 251 g/mol. The van der Waals surface area contributed by atoms with E-state index in [9.17, 15) is 9.50 Å². The smallest absolute Gasteiger partial charge is 0.142 e. The Morgan fingerprint density at radius 1 is 1.22 bits per heavy atom. The van der Waals surface area contributed by atoms with Crippen LogP contribution < -0.4 is 0 Å². The standard InChI is InChI=1S/C15H22ClFO/c1-3-5-12(6-4-2)15(18)10-11-7-8-13(16)14(17)9-11/h7-9,12,15,18H,3-6,10H2,1-2H3. The summed E-state index contributed by atoms with van der Waals surface area (Å²) in [4.78, 5) is 0. The van der Waals surface area contributed by atoms with Crippen molar-refractivity contribution in [2.24, 2.45) is 5.92 Å². The molecule has 1 aromatic carbocycles. The Morgan fingerprint density at radius 3 is 2.33 bits per heavy atom. The van der Waals surface area contributed by atoms with Crippen LogP contribution in [0.4, 0.5) is 4.39 Å². The van der Waals surface area contributed by atoms with E-state index in [0.29, 0.717) is 12.3 Å². The second kappa shape index (κ2) is 7.75. The molecule has 3 heteroatoms. The highest BCUT2D eigenvalue weighted by Gasteiger charge is 2.18. The van der Waals surface area contributed by atoms with Crippen LogP contribution in [0.25, 0.3) is 0 Å². The van der Waals surface area contributed by atoms with Gasteiger partial charge in [-0.25, -0.2) is 4.39 Å². The van der Waals surface area contributed by atoms with Gasteiger partial charge in [-0.2, -0.15) is 0 Å². The van der Waals surface area contributed by atoms with Crippen LogP contribution >= 0.6 is 11.6 Å². The normalized spacial score (nSPS) is 13.0. The first-order valence-corrected chi connectivity index (χ1v) is 7.08. The summed E-state index contributed by atoms with van der Waals surface area (Å²) in [6, 6.07) is 4.75. The maximum atomic E-state index is 13.3. The van der Waals surface area contributed by atoms with E-state index >= 15 is 0 Å². The largest absolute Gasteiger partial charge is 0.392 e. The lowest BCUT2D eigenvalue weighted by Crippen LogP contribution is -2.23. The molecule has 18 heavy (non-hydrogen) atoms. The highest BCUT2D eigenvalue weighted by atomic mass is 35.5. The zero-order valence-electron chi connectivity index (χ0n) is 11.1. The second-order valence-corrected chi connectivity index (χ2v) is 5.26. The fourth-order valence-electron chi connectivity index (χ4n) is 2.35.